The molecule has 0 spiro atoms. The van der Waals surface area contributed by atoms with E-state index in [1.165, 1.54) is 0 Å². The second-order valence-corrected chi connectivity index (χ2v) is 7.40. The summed E-state index contributed by atoms with van der Waals surface area (Å²) < 4.78 is 7.26. The van der Waals surface area contributed by atoms with Crippen LogP contribution >= 0.6 is 0 Å². The van der Waals surface area contributed by atoms with Crippen molar-refractivity contribution < 1.29 is 14.3 Å². The van der Waals surface area contributed by atoms with Crippen LogP contribution in [0.3, 0.4) is 0 Å². The lowest BCUT2D eigenvalue weighted by Gasteiger charge is -2.11. The van der Waals surface area contributed by atoms with Gasteiger partial charge in [0.2, 0.25) is 5.91 Å². The second kappa shape index (κ2) is 10.1. The van der Waals surface area contributed by atoms with Gasteiger partial charge in [-0.25, -0.2) is 4.98 Å². The van der Waals surface area contributed by atoms with Crippen LogP contribution in [-0.4, -0.2) is 34.1 Å². The summed E-state index contributed by atoms with van der Waals surface area (Å²) in [4.78, 5) is 28.4. The third-order valence-electron chi connectivity index (χ3n) is 4.29. The molecule has 1 aromatic heterocycles. The number of unbranched alkanes of at least 4 members (excludes halogenated alkanes) is 2. The highest BCUT2D eigenvalue weighted by atomic mass is 16.5. The SMILES string of the molecule is CC(C)OC(=O)Cn1c(CCCCCNC(=O)C(C)C)nc2ccccc21. The van der Waals surface area contributed by atoms with Gasteiger partial charge < -0.3 is 14.6 Å². The molecule has 1 amide bonds. The molecular formula is C21H31N3O3. The smallest absolute Gasteiger partial charge is 0.326 e. The number of nitrogens with one attached hydrogen (secondary N) is 1. The fraction of sp³-hybridized carbons (Fsp3) is 0.571. The summed E-state index contributed by atoms with van der Waals surface area (Å²) in [5.41, 5.74) is 1.85. The van der Waals surface area contributed by atoms with Crippen molar-refractivity contribution in [2.75, 3.05) is 6.54 Å². The van der Waals surface area contributed by atoms with E-state index in [0.29, 0.717) is 6.54 Å². The summed E-state index contributed by atoms with van der Waals surface area (Å²) in [5.74, 6) is 0.782. The van der Waals surface area contributed by atoms with Crippen LogP contribution in [-0.2, 0) is 27.3 Å². The third kappa shape index (κ3) is 6.38. The number of ether oxygens (including phenoxy) is 1. The number of carbonyl (C=O) groups excluding carboxylic acids is 2. The van der Waals surface area contributed by atoms with E-state index in [1.807, 2.05) is 56.5 Å². The molecule has 2 aromatic rings. The van der Waals surface area contributed by atoms with Gasteiger partial charge in [-0.05, 0) is 38.8 Å². The topological polar surface area (TPSA) is 73.2 Å². The normalized spacial score (nSPS) is 11.3. The van der Waals surface area contributed by atoms with Crippen molar-refractivity contribution in [3.63, 3.8) is 0 Å². The zero-order chi connectivity index (χ0) is 19.8. The Hall–Kier alpha value is -2.37. The molecule has 0 atom stereocenters. The number of benzene rings is 1. The van der Waals surface area contributed by atoms with Gasteiger partial charge in [-0.2, -0.15) is 0 Å². The molecule has 0 saturated heterocycles. The number of amides is 1. The fourth-order valence-corrected chi connectivity index (χ4v) is 2.92. The number of imidazole rings is 1. The van der Waals surface area contributed by atoms with Gasteiger partial charge in [0.1, 0.15) is 12.4 Å². The predicted molar refractivity (Wildman–Crippen MR) is 106 cm³/mol. The van der Waals surface area contributed by atoms with Crippen LogP contribution in [0, 0.1) is 5.92 Å². The summed E-state index contributed by atoms with van der Waals surface area (Å²) in [6.45, 7) is 8.37. The summed E-state index contributed by atoms with van der Waals surface area (Å²) in [5, 5.41) is 2.94. The van der Waals surface area contributed by atoms with Crippen LogP contribution in [0.1, 0.15) is 52.8 Å². The average Bonchev–Trinajstić information content (AvgIpc) is 2.94. The van der Waals surface area contributed by atoms with Gasteiger partial charge in [0.05, 0.1) is 17.1 Å². The van der Waals surface area contributed by atoms with E-state index in [9.17, 15) is 9.59 Å². The zero-order valence-electron chi connectivity index (χ0n) is 16.8. The van der Waals surface area contributed by atoms with E-state index in [-0.39, 0.29) is 30.4 Å². The standard InChI is InChI=1S/C21H31N3O3/c1-15(2)21(26)22-13-9-5-6-12-19-23-17-10-7-8-11-18(17)24(19)14-20(25)27-16(3)4/h7-8,10-11,15-16H,5-6,9,12-14H2,1-4H3,(H,22,26). The van der Waals surface area contributed by atoms with Crippen LogP contribution in [0.15, 0.2) is 24.3 Å². The Morgan fingerprint density at radius 2 is 1.85 bits per heavy atom. The number of hydrogen-bond donors (Lipinski definition) is 1. The summed E-state index contributed by atoms with van der Waals surface area (Å²) in [6, 6.07) is 7.85. The van der Waals surface area contributed by atoms with E-state index in [2.05, 4.69) is 5.32 Å². The lowest BCUT2D eigenvalue weighted by atomic mass is 10.1. The van der Waals surface area contributed by atoms with Gasteiger partial charge in [-0.15, -0.1) is 0 Å². The van der Waals surface area contributed by atoms with Gasteiger partial charge >= 0.3 is 5.97 Å². The highest BCUT2D eigenvalue weighted by Gasteiger charge is 2.15. The number of hydrogen-bond acceptors (Lipinski definition) is 4. The van der Waals surface area contributed by atoms with Crippen molar-refractivity contribution in [1.82, 2.24) is 14.9 Å². The van der Waals surface area contributed by atoms with E-state index < -0.39 is 0 Å². The van der Waals surface area contributed by atoms with Crippen molar-refractivity contribution in [2.24, 2.45) is 5.92 Å². The molecule has 1 aromatic carbocycles. The molecule has 0 aliphatic heterocycles. The van der Waals surface area contributed by atoms with Gasteiger partial charge in [0.25, 0.3) is 0 Å². The Bertz CT molecular complexity index is 765. The van der Waals surface area contributed by atoms with E-state index in [1.54, 1.807) is 0 Å². The van der Waals surface area contributed by atoms with E-state index >= 15 is 0 Å². The lowest BCUT2D eigenvalue weighted by Crippen LogP contribution is -2.28. The van der Waals surface area contributed by atoms with Crippen LogP contribution in [0.2, 0.25) is 0 Å². The molecule has 6 nitrogen and oxygen atoms in total. The first-order chi connectivity index (χ1) is 12.9. The maximum atomic E-state index is 12.1. The van der Waals surface area contributed by atoms with Crippen molar-refractivity contribution in [3.05, 3.63) is 30.1 Å². The summed E-state index contributed by atoms with van der Waals surface area (Å²) >= 11 is 0. The molecule has 1 N–H and O–H groups in total. The monoisotopic (exact) mass is 373 g/mol. The minimum Gasteiger partial charge on any atom is -0.462 e. The van der Waals surface area contributed by atoms with Crippen molar-refractivity contribution in [1.29, 1.82) is 0 Å². The highest BCUT2D eigenvalue weighted by molar-refractivity contribution is 5.79. The third-order valence-corrected chi connectivity index (χ3v) is 4.29. The fourth-order valence-electron chi connectivity index (χ4n) is 2.92. The number of nitrogens with zero attached hydrogens (tertiary/aromatic N) is 2. The number of rotatable bonds is 10. The van der Waals surface area contributed by atoms with Crippen molar-refractivity contribution in [3.8, 4) is 0 Å². The second-order valence-electron chi connectivity index (χ2n) is 7.40. The molecular weight excluding hydrogens is 342 g/mol. The Morgan fingerprint density at radius 1 is 1.11 bits per heavy atom. The zero-order valence-corrected chi connectivity index (χ0v) is 16.8. The predicted octanol–water partition coefficient (Wildman–Crippen LogP) is 3.47. The Kier molecular flexibility index (Phi) is 7.82. The van der Waals surface area contributed by atoms with Gasteiger partial charge in [-0.1, -0.05) is 32.4 Å². The molecule has 0 fully saturated rings. The molecule has 148 valence electrons. The largest absolute Gasteiger partial charge is 0.462 e. The first-order valence-corrected chi connectivity index (χ1v) is 9.79. The maximum absolute atomic E-state index is 12.1. The minimum absolute atomic E-state index is 0.0236. The van der Waals surface area contributed by atoms with Gasteiger partial charge in [-0.3, -0.25) is 9.59 Å². The molecule has 1 heterocycles. The Labute approximate surface area is 161 Å². The molecule has 0 aliphatic rings. The number of fused-ring (bicyclic) bond motifs is 1. The minimum atomic E-state index is -0.245. The first kappa shape index (κ1) is 20.9. The molecule has 0 radical (unpaired) electrons. The van der Waals surface area contributed by atoms with Crippen molar-refractivity contribution in [2.45, 2.75) is 66.0 Å². The summed E-state index contributed by atoms with van der Waals surface area (Å²) in [7, 11) is 0. The maximum Gasteiger partial charge on any atom is 0.326 e. The number of carbonyl (C=O) groups is 2. The number of esters is 1. The lowest BCUT2D eigenvalue weighted by molar-refractivity contribution is -0.148. The number of aromatic nitrogens is 2. The van der Waals surface area contributed by atoms with Crippen molar-refractivity contribution >= 4 is 22.9 Å². The molecule has 27 heavy (non-hydrogen) atoms. The number of para-hydroxylation sites is 2. The Balaban J connectivity index is 1.93. The van der Waals surface area contributed by atoms with Crippen LogP contribution in [0.4, 0.5) is 0 Å². The molecule has 0 bridgehead atoms. The van der Waals surface area contributed by atoms with E-state index in [0.717, 1.165) is 42.5 Å². The molecule has 6 heteroatoms. The average molecular weight is 373 g/mol. The van der Waals surface area contributed by atoms with Gasteiger partial charge in [0, 0.05) is 18.9 Å². The summed E-state index contributed by atoms with van der Waals surface area (Å²) in [6.07, 6.45) is 3.56. The number of aryl methyl sites for hydroxylation is 1. The Morgan fingerprint density at radius 3 is 2.56 bits per heavy atom. The first-order valence-electron chi connectivity index (χ1n) is 9.79. The molecule has 0 aliphatic carbocycles. The van der Waals surface area contributed by atoms with Crippen LogP contribution < -0.4 is 5.32 Å². The molecule has 2 rings (SSSR count). The molecule has 0 saturated carbocycles. The molecule has 0 unspecified atom stereocenters. The van der Waals surface area contributed by atoms with Crippen LogP contribution in [0.5, 0.6) is 0 Å². The van der Waals surface area contributed by atoms with Crippen LogP contribution in [0.25, 0.3) is 11.0 Å². The van der Waals surface area contributed by atoms with E-state index in [4.69, 9.17) is 9.72 Å². The van der Waals surface area contributed by atoms with Gasteiger partial charge in [0.15, 0.2) is 0 Å². The quantitative estimate of drug-likeness (QED) is 0.511. The highest BCUT2D eigenvalue weighted by Crippen LogP contribution is 2.18.